The number of aromatic nitrogens is 1. The van der Waals surface area contributed by atoms with Crippen LogP contribution in [0.25, 0.3) is 11.3 Å². The Morgan fingerprint density at radius 2 is 2.14 bits per heavy atom. The van der Waals surface area contributed by atoms with Crippen LogP contribution in [0.1, 0.15) is 11.1 Å². The first-order valence-electron chi connectivity index (χ1n) is 9.49. The van der Waals surface area contributed by atoms with Crippen molar-refractivity contribution in [3.8, 4) is 22.9 Å². The predicted octanol–water partition coefficient (Wildman–Crippen LogP) is 2.87. The van der Waals surface area contributed by atoms with Crippen LogP contribution in [0.3, 0.4) is 0 Å². The molecular formula is C21H25NO5S. The molecule has 0 radical (unpaired) electrons. The van der Waals surface area contributed by atoms with Gasteiger partial charge in [0.2, 0.25) is 0 Å². The van der Waals surface area contributed by atoms with Gasteiger partial charge in [-0.1, -0.05) is 0 Å². The fourth-order valence-electron chi connectivity index (χ4n) is 3.68. The highest BCUT2D eigenvalue weighted by molar-refractivity contribution is 7.98. The summed E-state index contributed by atoms with van der Waals surface area (Å²) in [5.74, 6) is 2.08. The minimum atomic E-state index is -0.103. The molecule has 0 saturated carbocycles. The lowest BCUT2D eigenvalue weighted by molar-refractivity contribution is -0.102. The van der Waals surface area contributed by atoms with Crippen molar-refractivity contribution in [1.29, 1.82) is 0 Å². The van der Waals surface area contributed by atoms with E-state index in [-0.39, 0.29) is 11.5 Å². The summed E-state index contributed by atoms with van der Waals surface area (Å²) in [5.41, 5.74) is 3.92. The van der Waals surface area contributed by atoms with Crippen LogP contribution in [-0.4, -0.2) is 49.3 Å². The van der Waals surface area contributed by atoms with Crippen molar-refractivity contribution < 1.29 is 18.9 Å². The summed E-state index contributed by atoms with van der Waals surface area (Å²) < 4.78 is 24.9. The lowest BCUT2D eigenvalue weighted by atomic mass is 9.94. The van der Waals surface area contributed by atoms with Gasteiger partial charge in [0.15, 0.2) is 11.3 Å². The Balaban J connectivity index is 1.64. The molecule has 1 atom stereocenters. The van der Waals surface area contributed by atoms with Gasteiger partial charge in [0.25, 0.3) is 0 Å². The maximum atomic E-state index is 12.6. The third kappa shape index (κ3) is 3.92. The minimum Gasteiger partial charge on any atom is -0.483 e. The number of rotatable bonds is 6. The molecule has 0 amide bonds. The van der Waals surface area contributed by atoms with Gasteiger partial charge in [-0.2, -0.15) is 0 Å². The number of hydrogen-bond acceptors (Lipinski definition) is 6. The fraction of sp³-hybridized carbons (Fsp3) is 0.476. The first-order valence-corrected chi connectivity index (χ1v) is 10.9. The zero-order valence-electron chi connectivity index (χ0n) is 16.2. The van der Waals surface area contributed by atoms with E-state index < -0.39 is 0 Å². The number of ether oxygens (including phenoxy) is 4. The largest absolute Gasteiger partial charge is 0.483 e. The van der Waals surface area contributed by atoms with Gasteiger partial charge < -0.3 is 23.5 Å². The highest BCUT2D eigenvalue weighted by Gasteiger charge is 2.23. The first kappa shape index (κ1) is 19.4. The molecule has 2 aliphatic rings. The van der Waals surface area contributed by atoms with Crippen molar-refractivity contribution in [3.05, 3.63) is 45.6 Å². The maximum absolute atomic E-state index is 12.6. The van der Waals surface area contributed by atoms with Crippen LogP contribution in [0.15, 0.2) is 29.1 Å². The van der Waals surface area contributed by atoms with Crippen LogP contribution in [0, 0.1) is 6.92 Å². The Morgan fingerprint density at radius 1 is 1.25 bits per heavy atom. The minimum absolute atomic E-state index is 0.0161. The Morgan fingerprint density at radius 3 is 2.93 bits per heavy atom. The third-order valence-electron chi connectivity index (χ3n) is 5.10. The van der Waals surface area contributed by atoms with E-state index in [0.29, 0.717) is 38.2 Å². The summed E-state index contributed by atoms with van der Waals surface area (Å²) in [6.07, 6.45) is 2.77. The fourth-order valence-corrected chi connectivity index (χ4v) is 3.94. The second-order valence-electron chi connectivity index (χ2n) is 6.97. The number of hydrogen-bond donors (Lipinski definition) is 0. The van der Waals surface area contributed by atoms with Crippen molar-refractivity contribution in [3.63, 3.8) is 0 Å². The highest BCUT2D eigenvalue weighted by atomic mass is 32.2. The standard InChI is InChI=1S/C21H25NO5S/c1-14-19(23)10-20(26-12-17-11-24-7-8-25-17)22-6-5-15-9-16(27-13-28-2)3-4-18(15)21(14)22/h3-4,9-10,17H,5-8,11-13H2,1-2H3. The molecule has 4 rings (SSSR count). The number of fused-ring (bicyclic) bond motifs is 3. The third-order valence-corrected chi connectivity index (χ3v) is 5.45. The average Bonchev–Trinajstić information content (AvgIpc) is 2.73. The van der Waals surface area contributed by atoms with Gasteiger partial charge in [-0.3, -0.25) is 4.79 Å². The maximum Gasteiger partial charge on any atom is 0.197 e. The SMILES string of the molecule is CSCOc1ccc2c(c1)CCn1c(OCC3COCCO3)cc(=O)c(C)c1-2. The van der Waals surface area contributed by atoms with E-state index in [0.717, 1.165) is 35.5 Å². The molecule has 6 nitrogen and oxygen atoms in total. The van der Waals surface area contributed by atoms with E-state index >= 15 is 0 Å². The molecule has 2 aromatic rings. The van der Waals surface area contributed by atoms with Crippen LogP contribution in [0.4, 0.5) is 0 Å². The number of aryl methyl sites for hydroxylation is 1. The van der Waals surface area contributed by atoms with Crippen molar-refractivity contribution in [2.75, 3.05) is 38.6 Å². The van der Waals surface area contributed by atoms with Crippen LogP contribution < -0.4 is 14.9 Å². The van der Waals surface area contributed by atoms with Crippen molar-refractivity contribution in [2.45, 2.75) is 26.0 Å². The van der Waals surface area contributed by atoms with Gasteiger partial charge in [0, 0.05) is 23.7 Å². The molecule has 3 heterocycles. The van der Waals surface area contributed by atoms with Gasteiger partial charge in [-0.25, -0.2) is 0 Å². The summed E-state index contributed by atoms with van der Waals surface area (Å²) in [7, 11) is 0. The van der Waals surface area contributed by atoms with Gasteiger partial charge >= 0.3 is 0 Å². The van der Waals surface area contributed by atoms with E-state index in [9.17, 15) is 4.79 Å². The van der Waals surface area contributed by atoms with Crippen molar-refractivity contribution >= 4 is 11.8 Å². The summed E-state index contributed by atoms with van der Waals surface area (Å²) in [6, 6.07) is 7.68. The molecule has 1 saturated heterocycles. The quantitative estimate of drug-likeness (QED) is 0.692. The van der Waals surface area contributed by atoms with E-state index in [2.05, 4.69) is 10.6 Å². The normalized spacial score (nSPS) is 18.3. The molecule has 1 unspecified atom stereocenters. The number of thioether (sulfide) groups is 1. The van der Waals surface area contributed by atoms with E-state index in [1.54, 1.807) is 17.8 Å². The zero-order chi connectivity index (χ0) is 19.5. The lowest BCUT2D eigenvalue weighted by Crippen LogP contribution is -2.34. The number of nitrogens with zero attached hydrogens (tertiary/aromatic N) is 1. The summed E-state index contributed by atoms with van der Waals surface area (Å²) >= 11 is 1.64. The first-order chi connectivity index (χ1) is 13.7. The molecule has 28 heavy (non-hydrogen) atoms. The Labute approximate surface area is 168 Å². The molecule has 7 heteroatoms. The van der Waals surface area contributed by atoms with Crippen molar-refractivity contribution in [2.24, 2.45) is 0 Å². The van der Waals surface area contributed by atoms with E-state index in [1.165, 1.54) is 5.56 Å². The molecule has 150 valence electrons. The second-order valence-corrected chi connectivity index (χ2v) is 7.78. The number of pyridine rings is 1. The van der Waals surface area contributed by atoms with Crippen LogP contribution in [0.5, 0.6) is 11.6 Å². The van der Waals surface area contributed by atoms with Gasteiger partial charge in [0.1, 0.15) is 24.4 Å². The van der Waals surface area contributed by atoms with Gasteiger partial charge in [-0.15, -0.1) is 11.8 Å². The van der Waals surface area contributed by atoms with E-state index in [4.69, 9.17) is 18.9 Å². The second kappa shape index (κ2) is 8.59. The molecule has 0 aliphatic carbocycles. The summed E-state index contributed by atoms with van der Waals surface area (Å²) in [5, 5.41) is 0. The van der Waals surface area contributed by atoms with Crippen LogP contribution in [-0.2, 0) is 22.4 Å². The van der Waals surface area contributed by atoms with Gasteiger partial charge in [0.05, 0.1) is 25.5 Å². The van der Waals surface area contributed by atoms with Crippen molar-refractivity contribution in [1.82, 2.24) is 4.57 Å². The molecule has 1 fully saturated rings. The smallest absolute Gasteiger partial charge is 0.197 e. The molecule has 0 bridgehead atoms. The molecule has 0 N–H and O–H groups in total. The Hall–Kier alpha value is -1.96. The van der Waals surface area contributed by atoms with Crippen LogP contribution in [0.2, 0.25) is 0 Å². The van der Waals surface area contributed by atoms with E-state index in [1.807, 2.05) is 25.3 Å². The van der Waals surface area contributed by atoms with Gasteiger partial charge in [-0.05, 0) is 43.4 Å². The number of benzene rings is 1. The molecule has 1 aromatic carbocycles. The van der Waals surface area contributed by atoms with Crippen LogP contribution >= 0.6 is 11.8 Å². The topological polar surface area (TPSA) is 58.9 Å². The molecular weight excluding hydrogens is 378 g/mol. The monoisotopic (exact) mass is 403 g/mol. The zero-order valence-corrected chi connectivity index (χ0v) is 17.0. The summed E-state index contributed by atoms with van der Waals surface area (Å²) in [6.45, 7) is 4.72. The highest BCUT2D eigenvalue weighted by Crippen LogP contribution is 2.35. The summed E-state index contributed by atoms with van der Waals surface area (Å²) in [4.78, 5) is 12.6. The average molecular weight is 404 g/mol. The lowest BCUT2D eigenvalue weighted by Gasteiger charge is -2.28. The Bertz CT molecular complexity index is 904. The Kier molecular flexibility index (Phi) is 5.94. The predicted molar refractivity (Wildman–Crippen MR) is 110 cm³/mol. The molecule has 2 aliphatic heterocycles. The molecule has 1 aromatic heterocycles. The molecule has 0 spiro atoms.